The molecule has 14 nitrogen and oxygen atoms in total. The molecule has 1 aromatic carbocycles. The Labute approximate surface area is 199 Å². The molecule has 16 heteroatoms. The van der Waals surface area contributed by atoms with E-state index in [0.29, 0.717) is 0 Å². The number of phosphoric ester groups is 1. The van der Waals surface area contributed by atoms with Crippen molar-refractivity contribution in [1.82, 2.24) is 19.5 Å². The van der Waals surface area contributed by atoms with Crippen molar-refractivity contribution in [3.05, 3.63) is 40.2 Å². The third-order valence-corrected chi connectivity index (χ3v) is 8.47. The van der Waals surface area contributed by atoms with Crippen LogP contribution in [-0.2, 0) is 28.2 Å². The maximum atomic E-state index is 13.6. The normalized spacial score (nSPS) is 29.1. The smallest absolute Gasteiger partial charge is 0.756 e. The monoisotopic (exact) mass is 527 g/mol. The van der Waals surface area contributed by atoms with Crippen LogP contribution >= 0.6 is 7.82 Å². The standard InChI is InChI=1S/C19H22N5O9PS/c1-8(2)9-3-5-10(6-4-9)35(29,30)19-21-12-15(22-18(20)23-16(12)26)24(19)17-13(25)14-11(32-17)7-31-34(27,28)33-14/h3-6,8,11,13-14,17,25H,7H2,1-2H3,(H,27,28)(H3,20,22,23,26)/t11?,13?,14-,17-/m1/s1. The number of nitrogens with two attached hydrogens (primary N) is 1. The topological polar surface area (TPSA) is 212 Å². The van der Waals surface area contributed by atoms with Crippen molar-refractivity contribution in [2.75, 3.05) is 12.3 Å². The number of aromatic amines is 1. The Kier molecular flexibility index (Phi) is 5.64. The summed E-state index contributed by atoms with van der Waals surface area (Å²) in [6.45, 7) is 3.45. The molecule has 4 heterocycles. The number of hydrogen-bond donors (Lipinski definition) is 3. The van der Waals surface area contributed by atoms with Gasteiger partial charge in [-0.15, -0.1) is 0 Å². The number of sulfone groups is 1. The van der Waals surface area contributed by atoms with Crippen LogP contribution in [0.2, 0.25) is 0 Å². The predicted molar refractivity (Wildman–Crippen MR) is 118 cm³/mol. The summed E-state index contributed by atoms with van der Waals surface area (Å²) in [6.07, 6.45) is -5.65. The number of nitrogens with one attached hydrogen (secondary N) is 1. The highest BCUT2D eigenvalue weighted by Gasteiger charge is 2.51. The number of rotatable bonds is 4. The molecule has 5 rings (SSSR count). The molecule has 0 spiro atoms. The zero-order valence-electron chi connectivity index (χ0n) is 19.4. The first kappa shape index (κ1) is 24.1. The lowest BCUT2D eigenvalue weighted by Crippen LogP contribution is -2.41. The highest BCUT2D eigenvalue weighted by Crippen LogP contribution is 2.50. The second-order valence-corrected chi connectivity index (χ2v) is 11.7. The predicted octanol–water partition coefficient (Wildman–Crippen LogP) is -0.0874. The maximum absolute atomic E-state index is 13.6. The van der Waals surface area contributed by atoms with Crippen LogP contribution < -0.4 is 16.2 Å². The van der Waals surface area contributed by atoms with E-state index in [1.54, 1.807) is 12.1 Å². The number of hydrogen-bond acceptors (Lipinski definition) is 12. The van der Waals surface area contributed by atoms with Crippen molar-refractivity contribution in [2.24, 2.45) is 0 Å². The van der Waals surface area contributed by atoms with E-state index >= 15 is 0 Å². The second-order valence-electron chi connectivity index (χ2n) is 8.48. The van der Waals surface area contributed by atoms with Crippen molar-refractivity contribution in [3.8, 4) is 0 Å². The van der Waals surface area contributed by atoms with Gasteiger partial charge in [0.2, 0.25) is 20.9 Å². The van der Waals surface area contributed by atoms with Gasteiger partial charge in [-0.25, -0.2) is 13.4 Å². The Bertz CT molecular complexity index is 1520. The van der Waals surface area contributed by atoms with Crippen LogP contribution in [0, 0.1) is 0 Å². The van der Waals surface area contributed by atoms with Crippen LogP contribution in [0.3, 0.4) is 0 Å². The molecule has 0 radical (unpaired) electrons. The molecule has 2 saturated heterocycles. The molecule has 2 fully saturated rings. The van der Waals surface area contributed by atoms with Gasteiger partial charge in [-0.2, -0.15) is 4.98 Å². The van der Waals surface area contributed by atoms with Gasteiger partial charge in [-0.1, -0.05) is 26.0 Å². The Balaban J connectivity index is 0.00000304. The van der Waals surface area contributed by atoms with Crippen molar-refractivity contribution < 1.29 is 38.2 Å². The molecule has 0 amide bonds. The van der Waals surface area contributed by atoms with Gasteiger partial charge in [0, 0.05) is 0 Å². The van der Waals surface area contributed by atoms with Gasteiger partial charge in [0.25, 0.3) is 13.4 Å². The minimum absolute atomic E-state index is 0. The summed E-state index contributed by atoms with van der Waals surface area (Å²) in [5.74, 6) is -0.172. The Morgan fingerprint density at radius 2 is 2.00 bits per heavy atom. The van der Waals surface area contributed by atoms with Gasteiger partial charge in [0.05, 0.1) is 11.5 Å². The second kappa shape index (κ2) is 8.20. The van der Waals surface area contributed by atoms with E-state index in [1.807, 2.05) is 13.8 Å². The number of benzene rings is 1. The van der Waals surface area contributed by atoms with Crippen molar-refractivity contribution in [2.45, 2.75) is 54.4 Å². The molecular formula is C19H22N5O9PS. The minimum atomic E-state index is -4.69. The summed E-state index contributed by atoms with van der Waals surface area (Å²) in [5.41, 5.74) is 5.11. The molecule has 4 N–H and O–H groups in total. The van der Waals surface area contributed by atoms with Gasteiger partial charge in [0.1, 0.15) is 18.3 Å². The summed E-state index contributed by atoms with van der Waals surface area (Å²) in [7, 11) is -9.07. The number of fused-ring (bicyclic) bond motifs is 2. The quantitative estimate of drug-likeness (QED) is 0.380. The Morgan fingerprint density at radius 3 is 2.66 bits per heavy atom. The molecule has 0 bridgehead atoms. The van der Waals surface area contributed by atoms with Crippen LogP contribution in [0.4, 0.5) is 5.95 Å². The summed E-state index contributed by atoms with van der Waals surface area (Å²) >= 11 is 0. The molecule has 2 aliphatic heterocycles. The van der Waals surface area contributed by atoms with Gasteiger partial charge in [0.15, 0.2) is 17.4 Å². The first-order valence-electron chi connectivity index (χ1n) is 10.5. The molecular weight excluding hydrogens is 505 g/mol. The number of aliphatic hydroxyl groups excluding tert-OH is 1. The molecule has 5 atom stereocenters. The van der Waals surface area contributed by atoms with Crippen LogP contribution in [0.15, 0.2) is 39.1 Å². The first-order chi connectivity index (χ1) is 16.4. The van der Waals surface area contributed by atoms with E-state index < -0.39 is 59.5 Å². The van der Waals surface area contributed by atoms with Crippen molar-refractivity contribution in [3.63, 3.8) is 0 Å². The van der Waals surface area contributed by atoms with E-state index in [4.69, 9.17) is 15.0 Å². The molecule has 188 valence electrons. The average Bonchev–Trinajstić information content (AvgIpc) is 3.31. The van der Waals surface area contributed by atoms with E-state index in [1.165, 1.54) is 12.1 Å². The number of aromatic nitrogens is 4. The van der Waals surface area contributed by atoms with Gasteiger partial charge < -0.3 is 29.5 Å². The zero-order valence-corrected chi connectivity index (χ0v) is 20.1. The number of anilines is 1. The zero-order chi connectivity index (χ0) is 25.3. The SMILES string of the molecule is CC(C)c1ccc(S(=O)(=O)c2nc3c(=O)[nH]c(N)nc3n2[C@@H]2OC3COP(=O)([O-])O[C@H]3C2O)cc1.[H+]. The number of H-pyrrole nitrogens is 1. The molecule has 2 aliphatic rings. The van der Waals surface area contributed by atoms with Crippen LogP contribution in [-0.4, -0.2) is 58.0 Å². The summed E-state index contributed by atoms with van der Waals surface area (Å²) in [5, 5.41) is 10.2. The number of phosphoric acid groups is 1. The largest absolute Gasteiger partial charge is 1.00 e. The van der Waals surface area contributed by atoms with E-state index in [-0.39, 0.29) is 29.4 Å². The van der Waals surface area contributed by atoms with Crippen LogP contribution in [0.1, 0.15) is 33.0 Å². The lowest BCUT2D eigenvalue weighted by Gasteiger charge is -2.34. The van der Waals surface area contributed by atoms with Gasteiger partial charge in [-0.05, 0) is 23.6 Å². The lowest BCUT2D eigenvalue weighted by molar-refractivity contribution is -0.245. The number of imidazole rings is 1. The van der Waals surface area contributed by atoms with E-state index in [2.05, 4.69) is 19.5 Å². The molecule has 35 heavy (non-hydrogen) atoms. The van der Waals surface area contributed by atoms with Crippen LogP contribution in [0.25, 0.3) is 11.2 Å². The third-order valence-electron chi connectivity index (χ3n) is 5.85. The van der Waals surface area contributed by atoms with Crippen molar-refractivity contribution in [1.29, 1.82) is 0 Å². The third kappa shape index (κ3) is 3.98. The number of nitrogen functional groups attached to an aromatic ring is 1. The van der Waals surface area contributed by atoms with Crippen molar-refractivity contribution >= 4 is 34.8 Å². The first-order valence-corrected chi connectivity index (χ1v) is 13.4. The van der Waals surface area contributed by atoms with Crippen LogP contribution in [0.5, 0.6) is 0 Å². The highest BCUT2D eigenvalue weighted by atomic mass is 32.2. The Morgan fingerprint density at radius 1 is 1.31 bits per heavy atom. The molecule has 3 unspecified atom stereocenters. The molecule has 0 saturated carbocycles. The highest BCUT2D eigenvalue weighted by molar-refractivity contribution is 7.91. The van der Waals surface area contributed by atoms with E-state index in [9.17, 15) is 27.8 Å². The average molecular weight is 527 g/mol. The minimum Gasteiger partial charge on any atom is -0.756 e. The number of ether oxygens (including phenoxy) is 1. The van der Waals surface area contributed by atoms with Gasteiger partial charge in [-0.3, -0.25) is 18.9 Å². The van der Waals surface area contributed by atoms with E-state index in [0.717, 1.165) is 10.1 Å². The molecule has 2 aromatic heterocycles. The fourth-order valence-corrected chi connectivity index (χ4v) is 6.39. The number of aliphatic hydroxyl groups is 1. The molecule has 0 aliphatic carbocycles. The summed E-state index contributed by atoms with van der Waals surface area (Å²) < 4.78 is 55.1. The fraction of sp³-hybridized carbons (Fsp3) is 0.421. The Hall–Kier alpha value is -2.65. The summed E-state index contributed by atoms with van der Waals surface area (Å²) in [4.78, 5) is 34.4. The van der Waals surface area contributed by atoms with Gasteiger partial charge >= 0.3 is 1.43 Å². The number of nitrogens with zero attached hydrogens (tertiary/aromatic N) is 3. The fourth-order valence-electron chi connectivity index (χ4n) is 4.08. The molecule has 3 aromatic rings. The maximum Gasteiger partial charge on any atom is 1.00 e. The summed E-state index contributed by atoms with van der Waals surface area (Å²) in [6, 6.07) is 6.10. The lowest BCUT2D eigenvalue weighted by atomic mass is 10.0.